The molecular formula is C17H18N2O2. The molecule has 0 bridgehead atoms. The molecular weight excluding hydrogens is 264 g/mol. The predicted octanol–water partition coefficient (Wildman–Crippen LogP) is 2.85. The van der Waals surface area contributed by atoms with E-state index in [1.54, 1.807) is 0 Å². The molecule has 1 N–H and O–H groups in total. The second-order valence-electron chi connectivity index (χ2n) is 6.26. The van der Waals surface area contributed by atoms with Crippen LogP contribution in [-0.4, -0.2) is 18.0 Å². The van der Waals surface area contributed by atoms with Gasteiger partial charge in [0.25, 0.3) is 5.91 Å². The maximum atomic E-state index is 12.3. The van der Waals surface area contributed by atoms with Crippen molar-refractivity contribution in [2.45, 2.75) is 38.8 Å². The van der Waals surface area contributed by atoms with Crippen LogP contribution in [0.25, 0.3) is 6.08 Å². The summed E-state index contributed by atoms with van der Waals surface area (Å²) in [6, 6.07) is 6.16. The molecule has 1 aromatic rings. The van der Waals surface area contributed by atoms with Gasteiger partial charge in [-0.2, -0.15) is 0 Å². The standard InChI is InChI=1S/C17H18N2O2/c1-9(2)11-5-6-14-12(7-11)8-13-16(20)18-15(10-3-4-10)19-17(13)21-14/h5-10,17H,3-4H2,1-2H3,(H,18,19,20). The van der Waals surface area contributed by atoms with E-state index in [2.05, 4.69) is 36.3 Å². The minimum atomic E-state index is -0.480. The second-order valence-corrected chi connectivity index (χ2v) is 6.26. The summed E-state index contributed by atoms with van der Waals surface area (Å²) in [5.41, 5.74) is 2.81. The van der Waals surface area contributed by atoms with Gasteiger partial charge in [0, 0.05) is 11.5 Å². The Morgan fingerprint density at radius 3 is 2.86 bits per heavy atom. The average molecular weight is 282 g/mol. The lowest BCUT2D eigenvalue weighted by atomic mass is 9.97. The molecule has 0 saturated heterocycles. The van der Waals surface area contributed by atoms with Crippen LogP contribution in [0.1, 0.15) is 43.7 Å². The van der Waals surface area contributed by atoms with Gasteiger partial charge in [-0.05, 0) is 42.5 Å². The van der Waals surface area contributed by atoms with Gasteiger partial charge in [0.15, 0.2) is 0 Å². The van der Waals surface area contributed by atoms with Crippen LogP contribution in [0, 0.1) is 5.92 Å². The predicted molar refractivity (Wildman–Crippen MR) is 81.2 cm³/mol. The van der Waals surface area contributed by atoms with Crippen LogP contribution in [-0.2, 0) is 4.79 Å². The van der Waals surface area contributed by atoms with E-state index in [0.29, 0.717) is 17.4 Å². The number of fused-ring (bicyclic) bond motifs is 2. The Morgan fingerprint density at radius 2 is 2.14 bits per heavy atom. The third-order valence-corrected chi connectivity index (χ3v) is 4.24. The number of rotatable bonds is 2. The Labute approximate surface area is 123 Å². The summed E-state index contributed by atoms with van der Waals surface area (Å²) in [6.07, 6.45) is 3.66. The molecule has 1 saturated carbocycles. The smallest absolute Gasteiger partial charge is 0.258 e. The molecule has 4 heteroatoms. The van der Waals surface area contributed by atoms with E-state index < -0.39 is 6.23 Å². The lowest BCUT2D eigenvalue weighted by molar-refractivity contribution is -0.117. The maximum Gasteiger partial charge on any atom is 0.258 e. The number of benzene rings is 1. The van der Waals surface area contributed by atoms with Crippen molar-refractivity contribution in [1.82, 2.24) is 5.32 Å². The first-order chi connectivity index (χ1) is 10.1. The van der Waals surface area contributed by atoms with Gasteiger partial charge in [-0.15, -0.1) is 0 Å². The zero-order valence-electron chi connectivity index (χ0n) is 12.2. The molecule has 0 aromatic heterocycles. The molecule has 1 atom stereocenters. The number of carbonyl (C=O) groups excluding carboxylic acids is 1. The monoisotopic (exact) mass is 282 g/mol. The molecule has 4 nitrogen and oxygen atoms in total. The third-order valence-electron chi connectivity index (χ3n) is 4.24. The summed E-state index contributed by atoms with van der Waals surface area (Å²) in [6.45, 7) is 4.31. The summed E-state index contributed by atoms with van der Waals surface area (Å²) in [7, 11) is 0. The summed E-state index contributed by atoms with van der Waals surface area (Å²) in [5, 5.41) is 2.91. The van der Waals surface area contributed by atoms with Crippen molar-refractivity contribution in [3.05, 3.63) is 34.9 Å². The van der Waals surface area contributed by atoms with E-state index in [4.69, 9.17) is 4.74 Å². The number of nitrogens with zero attached hydrogens (tertiary/aromatic N) is 1. The molecule has 108 valence electrons. The third kappa shape index (κ3) is 2.15. The van der Waals surface area contributed by atoms with E-state index in [1.165, 1.54) is 5.56 Å². The molecule has 1 fully saturated rings. The zero-order valence-corrected chi connectivity index (χ0v) is 12.2. The van der Waals surface area contributed by atoms with E-state index in [-0.39, 0.29) is 5.91 Å². The zero-order chi connectivity index (χ0) is 14.6. The molecule has 1 unspecified atom stereocenters. The second kappa shape index (κ2) is 4.45. The fraction of sp³-hybridized carbons (Fsp3) is 0.412. The van der Waals surface area contributed by atoms with Gasteiger partial charge in [-0.3, -0.25) is 4.79 Å². The number of hydrogen-bond acceptors (Lipinski definition) is 3. The Hall–Kier alpha value is -2.10. The molecule has 2 aliphatic heterocycles. The van der Waals surface area contributed by atoms with E-state index in [1.807, 2.05) is 12.1 Å². The number of amides is 1. The minimum Gasteiger partial charge on any atom is -0.464 e. The highest BCUT2D eigenvalue weighted by molar-refractivity contribution is 6.12. The fourth-order valence-electron chi connectivity index (χ4n) is 2.75. The number of carbonyl (C=O) groups is 1. The number of nitrogens with one attached hydrogen (secondary N) is 1. The summed E-state index contributed by atoms with van der Waals surface area (Å²) in [4.78, 5) is 16.8. The summed E-state index contributed by atoms with van der Waals surface area (Å²) < 4.78 is 5.93. The van der Waals surface area contributed by atoms with Crippen LogP contribution >= 0.6 is 0 Å². The molecule has 1 aliphatic carbocycles. The fourth-order valence-corrected chi connectivity index (χ4v) is 2.75. The van der Waals surface area contributed by atoms with Crippen LogP contribution in [0.3, 0.4) is 0 Å². The number of aliphatic imine (C=N–C) groups is 1. The van der Waals surface area contributed by atoms with Gasteiger partial charge < -0.3 is 10.1 Å². The molecule has 3 aliphatic rings. The highest BCUT2D eigenvalue weighted by Crippen LogP contribution is 2.36. The Kier molecular flexibility index (Phi) is 2.67. The van der Waals surface area contributed by atoms with Crippen molar-refractivity contribution < 1.29 is 9.53 Å². The largest absolute Gasteiger partial charge is 0.464 e. The highest BCUT2D eigenvalue weighted by atomic mass is 16.5. The Balaban J connectivity index is 1.73. The van der Waals surface area contributed by atoms with Gasteiger partial charge in [0.2, 0.25) is 6.23 Å². The first kappa shape index (κ1) is 12.6. The summed E-state index contributed by atoms with van der Waals surface area (Å²) >= 11 is 0. The normalized spacial score (nSPS) is 23.6. The van der Waals surface area contributed by atoms with Crippen LogP contribution in [0.4, 0.5) is 0 Å². The van der Waals surface area contributed by atoms with Crippen LogP contribution < -0.4 is 10.1 Å². The Bertz CT molecular complexity index is 684. The molecule has 21 heavy (non-hydrogen) atoms. The Morgan fingerprint density at radius 1 is 1.33 bits per heavy atom. The minimum absolute atomic E-state index is 0.0718. The van der Waals surface area contributed by atoms with Crippen molar-refractivity contribution >= 4 is 17.8 Å². The van der Waals surface area contributed by atoms with E-state index >= 15 is 0 Å². The van der Waals surface area contributed by atoms with Crippen molar-refractivity contribution in [1.29, 1.82) is 0 Å². The van der Waals surface area contributed by atoms with Crippen molar-refractivity contribution in [2.75, 3.05) is 0 Å². The molecule has 1 amide bonds. The van der Waals surface area contributed by atoms with E-state index in [9.17, 15) is 4.79 Å². The van der Waals surface area contributed by atoms with Gasteiger partial charge in [-0.1, -0.05) is 19.9 Å². The van der Waals surface area contributed by atoms with Crippen molar-refractivity contribution in [2.24, 2.45) is 10.9 Å². The molecule has 1 aromatic carbocycles. The van der Waals surface area contributed by atoms with Gasteiger partial charge >= 0.3 is 0 Å². The number of hydrogen-bond donors (Lipinski definition) is 1. The topological polar surface area (TPSA) is 50.7 Å². The number of amidine groups is 1. The molecule has 0 spiro atoms. The van der Waals surface area contributed by atoms with Crippen molar-refractivity contribution in [3.63, 3.8) is 0 Å². The lowest BCUT2D eigenvalue weighted by Crippen LogP contribution is -2.44. The number of ether oxygens (including phenoxy) is 1. The SMILES string of the molecule is CC(C)c1ccc2c(c1)C=C1C(=O)NC(C3CC3)=NC1O2. The van der Waals surface area contributed by atoms with Gasteiger partial charge in [0.05, 0.1) is 5.57 Å². The van der Waals surface area contributed by atoms with Crippen molar-refractivity contribution in [3.8, 4) is 5.75 Å². The molecule has 2 heterocycles. The molecule has 4 rings (SSSR count). The lowest BCUT2D eigenvalue weighted by Gasteiger charge is -2.28. The van der Waals surface area contributed by atoms with E-state index in [0.717, 1.165) is 30.0 Å². The summed E-state index contributed by atoms with van der Waals surface area (Å²) in [5.74, 6) is 2.40. The first-order valence-electron chi connectivity index (χ1n) is 7.53. The highest BCUT2D eigenvalue weighted by Gasteiger charge is 2.37. The molecule has 0 radical (unpaired) electrons. The van der Waals surface area contributed by atoms with Crippen LogP contribution in [0.15, 0.2) is 28.8 Å². The average Bonchev–Trinajstić information content (AvgIpc) is 3.29. The van der Waals surface area contributed by atoms with Gasteiger partial charge in [0.1, 0.15) is 11.6 Å². The van der Waals surface area contributed by atoms with Gasteiger partial charge in [-0.25, -0.2) is 4.99 Å². The maximum absolute atomic E-state index is 12.3. The quantitative estimate of drug-likeness (QED) is 0.906. The van der Waals surface area contributed by atoms with Crippen LogP contribution in [0.2, 0.25) is 0 Å². The van der Waals surface area contributed by atoms with Crippen LogP contribution in [0.5, 0.6) is 5.75 Å². The first-order valence-corrected chi connectivity index (χ1v) is 7.53.